The third kappa shape index (κ3) is 6.48. The topological polar surface area (TPSA) is 76.7 Å². The van der Waals surface area contributed by atoms with E-state index >= 15 is 0 Å². The molecule has 0 aliphatic heterocycles. The van der Waals surface area contributed by atoms with Crippen molar-refractivity contribution in [1.82, 2.24) is 10.6 Å². The van der Waals surface area contributed by atoms with Crippen molar-refractivity contribution in [2.45, 2.75) is 32.7 Å². The number of hydrogen-bond acceptors (Lipinski definition) is 4. The Morgan fingerprint density at radius 2 is 1.65 bits per heavy atom. The molecule has 2 amide bonds. The van der Waals surface area contributed by atoms with Crippen molar-refractivity contribution in [2.75, 3.05) is 20.8 Å². The van der Waals surface area contributed by atoms with E-state index in [1.165, 1.54) is 7.11 Å². The van der Waals surface area contributed by atoms with E-state index in [0.717, 1.165) is 10.0 Å². The van der Waals surface area contributed by atoms with Crippen molar-refractivity contribution in [3.63, 3.8) is 0 Å². The van der Waals surface area contributed by atoms with Gasteiger partial charge in [-0.15, -0.1) is 0 Å². The lowest BCUT2D eigenvalue weighted by Gasteiger charge is -2.20. The van der Waals surface area contributed by atoms with Crippen molar-refractivity contribution in [3.8, 4) is 11.5 Å². The lowest BCUT2D eigenvalue weighted by atomic mass is 10.1. The van der Waals surface area contributed by atoms with E-state index in [9.17, 15) is 9.59 Å². The van der Waals surface area contributed by atoms with Crippen LogP contribution in [0.25, 0.3) is 0 Å². The Labute approximate surface area is 145 Å². The van der Waals surface area contributed by atoms with Gasteiger partial charge in [0, 0.05) is 10.0 Å². The standard InChI is InChI=1S/C16H23BrN2O4/c1-16(2,3)19-15(21)9-18-14(20)7-10-6-12(22-4)13(23-5)8-11(10)17/h6,8H,7,9H2,1-5H3,(H,18,20)(H,19,21). The molecular weight excluding hydrogens is 364 g/mol. The molecule has 23 heavy (non-hydrogen) atoms. The van der Waals surface area contributed by atoms with Crippen LogP contribution in [0.3, 0.4) is 0 Å². The van der Waals surface area contributed by atoms with Crippen LogP contribution < -0.4 is 20.1 Å². The molecule has 0 atom stereocenters. The summed E-state index contributed by atoms with van der Waals surface area (Å²) in [4.78, 5) is 23.7. The third-order valence-corrected chi connectivity index (χ3v) is 3.60. The summed E-state index contributed by atoms with van der Waals surface area (Å²) in [5.74, 6) is 0.649. The van der Waals surface area contributed by atoms with Crippen molar-refractivity contribution >= 4 is 27.7 Å². The fourth-order valence-electron chi connectivity index (χ4n) is 1.91. The van der Waals surface area contributed by atoms with Gasteiger partial charge >= 0.3 is 0 Å². The normalized spacial score (nSPS) is 10.9. The smallest absolute Gasteiger partial charge is 0.239 e. The summed E-state index contributed by atoms with van der Waals surface area (Å²) < 4.78 is 11.2. The zero-order valence-electron chi connectivity index (χ0n) is 14.1. The van der Waals surface area contributed by atoms with E-state index in [2.05, 4.69) is 26.6 Å². The van der Waals surface area contributed by atoms with Gasteiger partial charge in [-0.3, -0.25) is 9.59 Å². The first-order chi connectivity index (χ1) is 10.7. The van der Waals surface area contributed by atoms with Gasteiger partial charge in [-0.1, -0.05) is 15.9 Å². The second-order valence-corrected chi connectivity index (χ2v) is 6.90. The number of carbonyl (C=O) groups excluding carboxylic acids is 2. The van der Waals surface area contributed by atoms with Crippen LogP contribution >= 0.6 is 15.9 Å². The van der Waals surface area contributed by atoms with Crippen LogP contribution in [-0.4, -0.2) is 38.1 Å². The number of benzene rings is 1. The lowest BCUT2D eigenvalue weighted by Crippen LogP contribution is -2.46. The van der Waals surface area contributed by atoms with E-state index in [0.29, 0.717) is 11.5 Å². The fraction of sp³-hybridized carbons (Fsp3) is 0.500. The number of nitrogens with one attached hydrogen (secondary N) is 2. The van der Waals surface area contributed by atoms with Gasteiger partial charge in [-0.05, 0) is 38.5 Å². The summed E-state index contributed by atoms with van der Waals surface area (Å²) in [6.45, 7) is 5.59. The predicted octanol–water partition coefficient (Wildman–Crippen LogP) is 2.04. The summed E-state index contributed by atoms with van der Waals surface area (Å²) in [5.41, 5.74) is 0.421. The van der Waals surface area contributed by atoms with Gasteiger partial charge in [0.05, 0.1) is 27.2 Å². The first-order valence-electron chi connectivity index (χ1n) is 7.14. The highest BCUT2D eigenvalue weighted by Crippen LogP contribution is 2.33. The Hall–Kier alpha value is -1.76. The van der Waals surface area contributed by atoms with Gasteiger partial charge in [0.2, 0.25) is 11.8 Å². The predicted molar refractivity (Wildman–Crippen MR) is 91.9 cm³/mol. The minimum Gasteiger partial charge on any atom is -0.493 e. The van der Waals surface area contributed by atoms with E-state index in [1.807, 2.05) is 20.8 Å². The molecule has 0 saturated carbocycles. The van der Waals surface area contributed by atoms with Gasteiger partial charge in [-0.25, -0.2) is 0 Å². The van der Waals surface area contributed by atoms with Crippen LogP contribution in [-0.2, 0) is 16.0 Å². The number of hydrogen-bond donors (Lipinski definition) is 2. The molecule has 2 N–H and O–H groups in total. The minimum atomic E-state index is -0.325. The molecule has 0 aliphatic rings. The molecule has 0 saturated heterocycles. The molecule has 1 aromatic rings. The first kappa shape index (κ1) is 19.3. The molecule has 0 spiro atoms. The Kier molecular flexibility index (Phi) is 6.87. The molecule has 0 radical (unpaired) electrons. The van der Waals surface area contributed by atoms with Crippen LogP contribution in [0, 0.1) is 0 Å². The third-order valence-electron chi connectivity index (χ3n) is 2.86. The summed E-state index contributed by atoms with van der Waals surface area (Å²) in [5, 5.41) is 5.39. The Balaban J connectivity index is 2.66. The van der Waals surface area contributed by atoms with Crippen molar-refractivity contribution in [1.29, 1.82) is 0 Å². The summed E-state index contributed by atoms with van der Waals surface area (Å²) in [6, 6.07) is 3.48. The molecule has 0 unspecified atom stereocenters. The number of rotatable bonds is 6. The highest BCUT2D eigenvalue weighted by Gasteiger charge is 2.16. The first-order valence-corrected chi connectivity index (χ1v) is 7.93. The average Bonchev–Trinajstić information content (AvgIpc) is 2.45. The number of carbonyl (C=O) groups is 2. The maximum absolute atomic E-state index is 12.0. The second kappa shape index (κ2) is 8.19. The van der Waals surface area contributed by atoms with Crippen LogP contribution in [0.2, 0.25) is 0 Å². The Morgan fingerprint density at radius 1 is 1.09 bits per heavy atom. The SMILES string of the molecule is COc1cc(Br)c(CC(=O)NCC(=O)NC(C)(C)C)cc1OC. The van der Waals surface area contributed by atoms with Crippen LogP contribution in [0.15, 0.2) is 16.6 Å². The molecule has 7 heteroatoms. The van der Waals surface area contributed by atoms with Crippen molar-refractivity contribution in [3.05, 3.63) is 22.2 Å². The number of halogens is 1. The highest BCUT2D eigenvalue weighted by molar-refractivity contribution is 9.10. The van der Waals surface area contributed by atoms with Gasteiger partial charge in [0.15, 0.2) is 11.5 Å². The van der Waals surface area contributed by atoms with E-state index < -0.39 is 0 Å². The van der Waals surface area contributed by atoms with Gasteiger partial charge < -0.3 is 20.1 Å². The van der Waals surface area contributed by atoms with Crippen LogP contribution in [0.5, 0.6) is 11.5 Å². The molecule has 0 aliphatic carbocycles. The molecule has 0 aromatic heterocycles. The monoisotopic (exact) mass is 386 g/mol. The highest BCUT2D eigenvalue weighted by atomic mass is 79.9. The molecule has 0 bridgehead atoms. The van der Waals surface area contributed by atoms with Crippen LogP contribution in [0.1, 0.15) is 26.3 Å². The van der Waals surface area contributed by atoms with Crippen molar-refractivity contribution < 1.29 is 19.1 Å². The van der Waals surface area contributed by atoms with E-state index in [-0.39, 0.29) is 30.3 Å². The van der Waals surface area contributed by atoms with Crippen LogP contribution in [0.4, 0.5) is 0 Å². The van der Waals surface area contributed by atoms with E-state index in [1.54, 1.807) is 19.2 Å². The second-order valence-electron chi connectivity index (χ2n) is 6.05. The fourth-order valence-corrected chi connectivity index (χ4v) is 2.37. The molecule has 1 rings (SSSR count). The van der Waals surface area contributed by atoms with Gasteiger partial charge in [0.25, 0.3) is 0 Å². The molecule has 6 nitrogen and oxygen atoms in total. The van der Waals surface area contributed by atoms with Gasteiger partial charge in [0.1, 0.15) is 0 Å². The number of amides is 2. The molecular formula is C16H23BrN2O4. The maximum atomic E-state index is 12.0. The zero-order valence-corrected chi connectivity index (χ0v) is 15.7. The zero-order chi connectivity index (χ0) is 17.6. The average molecular weight is 387 g/mol. The minimum absolute atomic E-state index is 0.0546. The van der Waals surface area contributed by atoms with E-state index in [4.69, 9.17) is 9.47 Å². The van der Waals surface area contributed by atoms with Gasteiger partial charge in [-0.2, -0.15) is 0 Å². The summed E-state index contributed by atoms with van der Waals surface area (Å²) >= 11 is 3.40. The quantitative estimate of drug-likeness (QED) is 0.783. The Bertz CT molecular complexity index is 582. The molecule has 1 aromatic carbocycles. The lowest BCUT2D eigenvalue weighted by molar-refractivity contribution is -0.126. The molecule has 0 fully saturated rings. The largest absolute Gasteiger partial charge is 0.493 e. The number of methoxy groups -OCH3 is 2. The van der Waals surface area contributed by atoms with Crippen molar-refractivity contribution in [2.24, 2.45) is 0 Å². The molecule has 128 valence electrons. The molecule has 0 heterocycles. The summed E-state index contributed by atoms with van der Waals surface area (Å²) in [6.07, 6.45) is 0.129. The maximum Gasteiger partial charge on any atom is 0.239 e. The number of ether oxygens (including phenoxy) is 2. The Morgan fingerprint density at radius 3 is 2.17 bits per heavy atom. The summed E-state index contributed by atoms with van der Waals surface area (Å²) in [7, 11) is 3.08.